The van der Waals surface area contributed by atoms with Gasteiger partial charge >= 0.3 is 0 Å². The van der Waals surface area contributed by atoms with Crippen LogP contribution in [0.4, 0.5) is 0 Å². The van der Waals surface area contributed by atoms with Gasteiger partial charge in [0.1, 0.15) is 0 Å². The van der Waals surface area contributed by atoms with Crippen LogP contribution in [0.15, 0.2) is 18.2 Å². The summed E-state index contributed by atoms with van der Waals surface area (Å²) in [4.78, 5) is 0. The SMILES string of the molecule is NC1(c2cc(Cl)cc(Cl)c2)CC1. The second kappa shape index (κ2) is 2.63. The third kappa shape index (κ3) is 1.45. The first-order chi connectivity index (χ1) is 5.60. The van der Waals surface area contributed by atoms with Crippen LogP contribution < -0.4 is 5.73 Å². The molecule has 0 radical (unpaired) electrons. The van der Waals surface area contributed by atoms with Gasteiger partial charge in [-0.1, -0.05) is 23.2 Å². The lowest BCUT2D eigenvalue weighted by molar-refractivity contribution is 0.740. The largest absolute Gasteiger partial charge is 0.321 e. The van der Waals surface area contributed by atoms with E-state index >= 15 is 0 Å². The second-order valence-corrected chi connectivity index (χ2v) is 4.19. The zero-order valence-electron chi connectivity index (χ0n) is 6.48. The highest BCUT2D eigenvalue weighted by Gasteiger charge is 2.40. The van der Waals surface area contributed by atoms with E-state index in [0.29, 0.717) is 10.0 Å². The average molecular weight is 202 g/mol. The first-order valence-electron chi connectivity index (χ1n) is 3.86. The second-order valence-electron chi connectivity index (χ2n) is 3.31. The molecule has 2 rings (SSSR count). The molecule has 0 aliphatic heterocycles. The molecule has 1 aromatic rings. The molecule has 0 heterocycles. The van der Waals surface area contributed by atoms with Crippen LogP contribution in [-0.2, 0) is 5.54 Å². The molecule has 0 bridgehead atoms. The molecule has 0 unspecified atom stereocenters. The molecule has 0 amide bonds. The van der Waals surface area contributed by atoms with E-state index in [0.717, 1.165) is 18.4 Å². The maximum absolute atomic E-state index is 5.99. The van der Waals surface area contributed by atoms with Gasteiger partial charge in [0.05, 0.1) is 0 Å². The first kappa shape index (κ1) is 8.36. The van der Waals surface area contributed by atoms with E-state index in [1.54, 1.807) is 6.07 Å². The van der Waals surface area contributed by atoms with Gasteiger partial charge in [-0.2, -0.15) is 0 Å². The maximum Gasteiger partial charge on any atom is 0.0424 e. The summed E-state index contributed by atoms with van der Waals surface area (Å²) in [5, 5.41) is 1.32. The van der Waals surface area contributed by atoms with E-state index in [2.05, 4.69) is 0 Å². The number of halogens is 2. The summed E-state index contributed by atoms with van der Waals surface area (Å²) < 4.78 is 0. The monoisotopic (exact) mass is 201 g/mol. The number of hydrogen-bond acceptors (Lipinski definition) is 1. The van der Waals surface area contributed by atoms with Gasteiger partial charge in [-0.05, 0) is 36.6 Å². The summed E-state index contributed by atoms with van der Waals surface area (Å²) in [5.41, 5.74) is 6.90. The highest BCUT2D eigenvalue weighted by atomic mass is 35.5. The molecule has 1 aromatic carbocycles. The summed E-state index contributed by atoms with van der Waals surface area (Å²) >= 11 is 11.7. The van der Waals surface area contributed by atoms with Crippen molar-refractivity contribution in [2.24, 2.45) is 5.73 Å². The van der Waals surface area contributed by atoms with Crippen LogP contribution in [0.2, 0.25) is 10.0 Å². The summed E-state index contributed by atoms with van der Waals surface area (Å²) in [6.45, 7) is 0. The van der Waals surface area contributed by atoms with Crippen molar-refractivity contribution in [1.82, 2.24) is 0 Å². The van der Waals surface area contributed by atoms with Gasteiger partial charge in [0.15, 0.2) is 0 Å². The van der Waals surface area contributed by atoms with Crippen molar-refractivity contribution in [2.75, 3.05) is 0 Å². The number of rotatable bonds is 1. The summed E-state index contributed by atoms with van der Waals surface area (Å²) in [7, 11) is 0. The number of benzene rings is 1. The van der Waals surface area contributed by atoms with Crippen molar-refractivity contribution < 1.29 is 0 Å². The van der Waals surface area contributed by atoms with Crippen molar-refractivity contribution in [3.63, 3.8) is 0 Å². The van der Waals surface area contributed by atoms with Crippen LogP contribution >= 0.6 is 23.2 Å². The molecule has 64 valence electrons. The molecule has 0 saturated heterocycles. The minimum absolute atomic E-state index is 0.144. The third-order valence-corrected chi connectivity index (χ3v) is 2.66. The Kier molecular flexibility index (Phi) is 1.83. The molecule has 1 aliphatic rings. The van der Waals surface area contributed by atoms with E-state index in [1.807, 2.05) is 12.1 Å². The predicted octanol–water partition coefficient (Wildman–Crippen LogP) is 2.94. The Morgan fingerprint density at radius 2 is 1.58 bits per heavy atom. The summed E-state index contributed by atoms with van der Waals surface area (Å²) in [5.74, 6) is 0. The Morgan fingerprint density at radius 1 is 1.08 bits per heavy atom. The number of hydrogen-bond donors (Lipinski definition) is 1. The summed E-state index contributed by atoms with van der Waals surface area (Å²) in [6.07, 6.45) is 2.06. The fourth-order valence-corrected chi connectivity index (χ4v) is 1.79. The first-order valence-corrected chi connectivity index (χ1v) is 4.61. The fourth-order valence-electron chi connectivity index (χ4n) is 1.26. The van der Waals surface area contributed by atoms with Gasteiger partial charge in [0.2, 0.25) is 0 Å². The standard InChI is InChI=1S/C9H9Cl2N/c10-7-3-6(4-8(11)5-7)9(12)1-2-9/h3-5H,1-2,12H2. The van der Waals surface area contributed by atoms with Gasteiger partial charge in [0, 0.05) is 15.6 Å². The molecule has 0 spiro atoms. The van der Waals surface area contributed by atoms with Crippen molar-refractivity contribution in [3.05, 3.63) is 33.8 Å². The lowest BCUT2D eigenvalue weighted by Crippen LogP contribution is -2.18. The molecule has 0 aromatic heterocycles. The van der Waals surface area contributed by atoms with Crippen LogP contribution in [0.1, 0.15) is 18.4 Å². The molecule has 12 heavy (non-hydrogen) atoms. The van der Waals surface area contributed by atoms with Gasteiger partial charge in [0.25, 0.3) is 0 Å². The summed E-state index contributed by atoms with van der Waals surface area (Å²) in [6, 6.07) is 5.50. The molecule has 1 aliphatic carbocycles. The highest BCUT2D eigenvalue weighted by Crippen LogP contribution is 2.43. The normalized spacial score (nSPS) is 19.2. The quantitative estimate of drug-likeness (QED) is 0.744. The molecule has 2 N–H and O–H groups in total. The Bertz CT molecular complexity index is 298. The molecule has 1 fully saturated rings. The smallest absolute Gasteiger partial charge is 0.0424 e. The van der Waals surface area contributed by atoms with Crippen LogP contribution in [0.5, 0.6) is 0 Å². The van der Waals surface area contributed by atoms with Crippen LogP contribution in [0.3, 0.4) is 0 Å². The third-order valence-electron chi connectivity index (χ3n) is 2.23. The Labute approximate surface area is 81.5 Å². The maximum atomic E-state index is 5.99. The Hall–Kier alpha value is -0.240. The van der Waals surface area contributed by atoms with Gasteiger partial charge in [-0.15, -0.1) is 0 Å². The van der Waals surface area contributed by atoms with E-state index in [1.165, 1.54) is 0 Å². The highest BCUT2D eigenvalue weighted by molar-refractivity contribution is 6.34. The minimum Gasteiger partial charge on any atom is -0.321 e. The van der Waals surface area contributed by atoms with Crippen molar-refractivity contribution >= 4 is 23.2 Å². The van der Waals surface area contributed by atoms with E-state index in [9.17, 15) is 0 Å². The van der Waals surface area contributed by atoms with E-state index in [-0.39, 0.29) is 5.54 Å². The Balaban J connectivity index is 2.44. The van der Waals surface area contributed by atoms with E-state index < -0.39 is 0 Å². The minimum atomic E-state index is -0.144. The Morgan fingerprint density at radius 3 is 2.00 bits per heavy atom. The van der Waals surface area contributed by atoms with Gasteiger partial charge < -0.3 is 5.73 Å². The zero-order valence-corrected chi connectivity index (χ0v) is 7.99. The average Bonchev–Trinajstić information content (AvgIpc) is 2.67. The van der Waals surface area contributed by atoms with Crippen LogP contribution in [0.25, 0.3) is 0 Å². The topological polar surface area (TPSA) is 26.0 Å². The number of nitrogens with two attached hydrogens (primary N) is 1. The molecular formula is C9H9Cl2N. The van der Waals surface area contributed by atoms with E-state index in [4.69, 9.17) is 28.9 Å². The fraction of sp³-hybridized carbons (Fsp3) is 0.333. The molecule has 1 nitrogen and oxygen atoms in total. The van der Waals surface area contributed by atoms with Gasteiger partial charge in [-0.3, -0.25) is 0 Å². The molecule has 1 saturated carbocycles. The van der Waals surface area contributed by atoms with Crippen LogP contribution in [-0.4, -0.2) is 0 Å². The molecule has 0 atom stereocenters. The lowest BCUT2D eigenvalue weighted by atomic mass is 10.1. The van der Waals surface area contributed by atoms with Crippen LogP contribution in [0, 0.1) is 0 Å². The lowest BCUT2D eigenvalue weighted by Gasteiger charge is -2.09. The predicted molar refractivity (Wildman–Crippen MR) is 51.6 cm³/mol. The van der Waals surface area contributed by atoms with Gasteiger partial charge in [-0.25, -0.2) is 0 Å². The molecular weight excluding hydrogens is 193 g/mol. The van der Waals surface area contributed by atoms with Crippen molar-refractivity contribution in [1.29, 1.82) is 0 Å². The van der Waals surface area contributed by atoms with Crippen molar-refractivity contribution in [3.8, 4) is 0 Å². The van der Waals surface area contributed by atoms with Crippen molar-refractivity contribution in [2.45, 2.75) is 18.4 Å². The zero-order chi connectivity index (χ0) is 8.77. The molecule has 3 heteroatoms.